The van der Waals surface area contributed by atoms with Gasteiger partial charge in [0.2, 0.25) is 5.91 Å². The highest BCUT2D eigenvalue weighted by atomic mass is 16.5. The molecule has 0 atom stereocenters. The Morgan fingerprint density at radius 1 is 1.14 bits per heavy atom. The van der Waals surface area contributed by atoms with Crippen LogP contribution in [0.2, 0.25) is 0 Å². The zero-order chi connectivity index (χ0) is 19.3. The molecule has 9 heteroatoms. The third-order valence-electron chi connectivity index (χ3n) is 4.57. The maximum atomic E-state index is 12.5. The number of benzene rings is 1. The van der Waals surface area contributed by atoms with Gasteiger partial charge in [0.05, 0.1) is 30.4 Å². The second-order valence-electron chi connectivity index (χ2n) is 6.42. The van der Waals surface area contributed by atoms with E-state index >= 15 is 0 Å². The molecule has 1 N–H and O–H groups in total. The van der Waals surface area contributed by atoms with Crippen LogP contribution >= 0.6 is 0 Å². The molecule has 1 fully saturated rings. The standard InChI is InChI=1S/C19H20N6O3/c26-18(5-6-25-13-22-15-4-2-1-3-14(15)19(25)27)23-16-11-17(21-12-20-16)24-7-9-28-10-8-24/h1-4,11-13H,5-10H2,(H,20,21,23,26). The fourth-order valence-electron chi connectivity index (χ4n) is 3.07. The molecule has 0 unspecified atom stereocenters. The van der Waals surface area contributed by atoms with Gasteiger partial charge in [0, 0.05) is 32.1 Å². The van der Waals surface area contributed by atoms with E-state index in [2.05, 4.69) is 25.2 Å². The summed E-state index contributed by atoms with van der Waals surface area (Å²) in [5, 5.41) is 3.30. The van der Waals surface area contributed by atoms with Crippen LogP contribution in [0.4, 0.5) is 11.6 Å². The monoisotopic (exact) mass is 380 g/mol. The van der Waals surface area contributed by atoms with Crippen molar-refractivity contribution in [2.75, 3.05) is 36.5 Å². The summed E-state index contributed by atoms with van der Waals surface area (Å²) in [4.78, 5) is 39.5. The predicted molar refractivity (Wildman–Crippen MR) is 104 cm³/mol. The second-order valence-corrected chi connectivity index (χ2v) is 6.42. The van der Waals surface area contributed by atoms with Gasteiger partial charge in [-0.25, -0.2) is 15.0 Å². The molecule has 0 spiro atoms. The topological polar surface area (TPSA) is 102 Å². The molecule has 3 aromatic rings. The molecule has 4 rings (SSSR count). The summed E-state index contributed by atoms with van der Waals surface area (Å²) in [6.45, 7) is 3.05. The van der Waals surface area contributed by atoms with Crippen LogP contribution in [0.25, 0.3) is 10.9 Å². The molecule has 1 saturated heterocycles. The third-order valence-corrected chi connectivity index (χ3v) is 4.57. The summed E-state index contributed by atoms with van der Waals surface area (Å²) in [6, 6.07) is 8.89. The van der Waals surface area contributed by atoms with Gasteiger partial charge in [-0.2, -0.15) is 0 Å². The van der Waals surface area contributed by atoms with Crippen LogP contribution in [0.5, 0.6) is 0 Å². The minimum atomic E-state index is -0.230. The van der Waals surface area contributed by atoms with Crippen LogP contribution < -0.4 is 15.8 Å². The van der Waals surface area contributed by atoms with Gasteiger partial charge in [0.25, 0.3) is 5.56 Å². The molecule has 0 radical (unpaired) electrons. The highest BCUT2D eigenvalue weighted by Gasteiger charge is 2.14. The summed E-state index contributed by atoms with van der Waals surface area (Å²) in [7, 11) is 0. The SMILES string of the molecule is O=C(CCn1cnc2ccccc2c1=O)Nc1cc(N2CCOCC2)ncn1. The molecule has 1 aliphatic rings. The van der Waals surface area contributed by atoms with Gasteiger partial charge in [-0.1, -0.05) is 12.1 Å². The van der Waals surface area contributed by atoms with Crippen LogP contribution in [0.15, 0.2) is 47.8 Å². The van der Waals surface area contributed by atoms with Crippen LogP contribution in [0, 0.1) is 0 Å². The maximum Gasteiger partial charge on any atom is 0.261 e. The van der Waals surface area contributed by atoms with E-state index in [0.717, 1.165) is 18.9 Å². The van der Waals surface area contributed by atoms with Gasteiger partial charge in [-0.15, -0.1) is 0 Å². The number of para-hydroxylation sites is 1. The van der Waals surface area contributed by atoms with Gasteiger partial charge >= 0.3 is 0 Å². The molecule has 1 amide bonds. The van der Waals surface area contributed by atoms with Gasteiger partial charge < -0.3 is 15.0 Å². The van der Waals surface area contributed by atoms with Crippen molar-refractivity contribution in [1.29, 1.82) is 0 Å². The Morgan fingerprint density at radius 2 is 1.96 bits per heavy atom. The van der Waals surface area contributed by atoms with Crippen molar-refractivity contribution in [3.05, 3.63) is 53.3 Å². The van der Waals surface area contributed by atoms with Crippen molar-refractivity contribution >= 4 is 28.4 Å². The molecule has 0 aliphatic carbocycles. The second kappa shape index (κ2) is 8.13. The number of fused-ring (bicyclic) bond motifs is 1. The largest absolute Gasteiger partial charge is 0.378 e. The van der Waals surface area contributed by atoms with Gasteiger partial charge in [-0.3, -0.25) is 14.2 Å². The number of hydrogen-bond acceptors (Lipinski definition) is 7. The number of amides is 1. The van der Waals surface area contributed by atoms with E-state index in [1.54, 1.807) is 24.3 Å². The molecule has 1 aliphatic heterocycles. The Morgan fingerprint density at radius 3 is 2.82 bits per heavy atom. The first-order chi connectivity index (χ1) is 13.7. The lowest BCUT2D eigenvalue weighted by molar-refractivity contribution is -0.116. The average Bonchev–Trinajstić information content (AvgIpc) is 2.74. The van der Waals surface area contributed by atoms with E-state index in [1.165, 1.54) is 17.2 Å². The molecule has 0 bridgehead atoms. The minimum absolute atomic E-state index is 0.136. The number of nitrogens with zero attached hydrogens (tertiary/aromatic N) is 5. The van der Waals surface area contributed by atoms with Crippen molar-refractivity contribution < 1.29 is 9.53 Å². The van der Waals surface area contributed by atoms with Gasteiger partial charge in [0.1, 0.15) is 18.0 Å². The van der Waals surface area contributed by atoms with E-state index in [-0.39, 0.29) is 24.4 Å². The highest BCUT2D eigenvalue weighted by molar-refractivity contribution is 5.90. The Hall–Kier alpha value is -3.33. The number of anilines is 2. The normalized spacial score (nSPS) is 14.2. The fraction of sp³-hybridized carbons (Fsp3) is 0.316. The van der Waals surface area contributed by atoms with Crippen LogP contribution in [0.1, 0.15) is 6.42 Å². The quantitative estimate of drug-likeness (QED) is 0.706. The average molecular weight is 380 g/mol. The smallest absolute Gasteiger partial charge is 0.261 e. The molecule has 9 nitrogen and oxygen atoms in total. The van der Waals surface area contributed by atoms with Crippen molar-refractivity contribution in [2.45, 2.75) is 13.0 Å². The van der Waals surface area contributed by atoms with Crippen LogP contribution in [-0.4, -0.2) is 51.7 Å². The number of carbonyl (C=O) groups excluding carboxylic acids is 1. The Bertz CT molecular complexity index is 1050. The van der Waals surface area contributed by atoms with Crippen LogP contribution in [-0.2, 0) is 16.1 Å². The predicted octanol–water partition coefficient (Wildman–Crippen LogP) is 1.05. The Balaban J connectivity index is 1.40. The van der Waals surface area contributed by atoms with Crippen molar-refractivity contribution in [3.63, 3.8) is 0 Å². The lowest BCUT2D eigenvalue weighted by Gasteiger charge is -2.27. The molecule has 2 aromatic heterocycles. The first kappa shape index (κ1) is 18.1. The van der Waals surface area contributed by atoms with Gasteiger partial charge in [-0.05, 0) is 12.1 Å². The number of aryl methyl sites for hydroxylation is 1. The molecule has 1 aromatic carbocycles. The van der Waals surface area contributed by atoms with Crippen molar-refractivity contribution in [3.8, 4) is 0 Å². The number of morpholine rings is 1. The van der Waals surface area contributed by atoms with E-state index in [9.17, 15) is 9.59 Å². The van der Waals surface area contributed by atoms with E-state index in [4.69, 9.17) is 4.74 Å². The first-order valence-corrected chi connectivity index (χ1v) is 9.09. The fourth-order valence-corrected chi connectivity index (χ4v) is 3.07. The maximum absolute atomic E-state index is 12.5. The molecule has 3 heterocycles. The number of hydrogen-bond donors (Lipinski definition) is 1. The third kappa shape index (κ3) is 3.99. The molecular weight excluding hydrogens is 360 g/mol. The van der Waals surface area contributed by atoms with E-state index in [0.29, 0.717) is 29.9 Å². The summed E-state index contributed by atoms with van der Waals surface area (Å²) < 4.78 is 6.78. The number of nitrogens with one attached hydrogen (secondary N) is 1. The summed E-state index contributed by atoms with van der Waals surface area (Å²) in [6.07, 6.45) is 3.04. The summed E-state index contributed by atoms with van der Waals surface area (Å²) in [5.41, 5.74) is 0.486. The molecule has 144 valence electrons. The molecule has 0 saturated carbocycles. The highest BCUT2D eigenvalue weighted by Crippen LogP contribution is 2.15. The Labute approximate surface area is 161 Å². The van der Waals surface area contributed by atoms with E-state index < -0.39 is 0 Å². The minimum Gasteiger partial charge on any atom is -0.378 e. The first-order valence-electron chi connectivity index (χ1n) is 9.09. The van der Waals surface area contributed by atoms with Crippen molar-refractivity contribution in [2.24, 2.45) is 0 Å². The molecular formula is C19H20N6O3. The molecule has 28 heavy (non-hydrogen) atoms. The summed E-state index contributed by atoms with van der Waals surface area (Å²) >= 11 is 0. The number of carbonyl (C=O) groups is 1. The zero-order valence-corrected chi connectivity index (χ0v) is 15.2. The van der Waals surface area contributed by atoms with Crippen LogP contribution in [0.3, 0.4) is 0 Å². The zero-order valence-electron chi connectivity index (χ0n) is 15.2. The lowest BCUT2D eigenvalue weighted by atomic mass is 10.2. The number of ether oxygens (including phenoxy) is 1. The van der Waals surface area contributed by atoms with Gasteiger partial charge in [0.15, 0.2) is 0 Å². The Kier molecular flexibility index (Phi) is 5.24. The number of rotatable bonds is 5. The van der Waals surface area contributed by atoms with E-state index in [1.807, 2.05) is 6.07 Å². The summed E-state index contributed by atoms with van der Waals surface area (Å²) in [5.74, 6) is 0.959. The number of aromatic nitrogens is 4. The van der Waals surface area contributed by atoms with Crippen molar-refractivity contribution in [1.82, 2.24) is 19.5 Å². The lowest BCUT2D eigenvalue weighted by Crippen LogP contribution is -2.36.